The first-order valence-corrected chi connectivity index (χ1v) is 2.71. The summed E-state index contributed by atoms with van der Waals surface area (Å²) in [6, 6.07) is 0. The SMILES string of the molecule is C1CCNCC1.I.I. The van der Waals surface area contributed by atoms with Crippen molar-refractivity contribution in [3.8, 4) is 0 Å². The van der Waals surface area contributed by atoms with Crippen LogP contribution in [0, 0.1) is 0 Å². The monoisotopic (exact) mass is 341 g/mol. The lowest BCUT2D eigenvalue weighted by Gasteiger charge is -2.08. The van der Waals surface area contributed by atoms with E-state index in [1.807, 2.05) is 0 Å². The molecule has 1 saturated heterocycles. The van der Waals surface area contributed by atoms with Crippen molar-refractivity contribution < 1.29 is 0 Å². The predicted octanol–water partition coefficient (Wildman–Crippen LogP) is 2.00. The van der Waals surface area contributed by atoms with Crippen LogP contribution in [0.4, 0.5) is 0 Å². The molecule has 0 bridgehead atoms. The molecule has 0 saturated carbocycles. The number of hydrogen-bond acceptors (Lipinski definition) is 1. The maximum absolute atomic E-state index is 3.28. The summed E-state index contributed by atoms with van der Waals surface area (Å²) in [5.41, 5.74) is 0. The van der Waals surface area contributed by atoms with Crippen LogP contribution >= 0.6 is 48.0 Å². The lowest BCUT2D eigenvalue weighted by atomic mass is 10.2. The molecule has 1 aliphatic heterocycles. The van der Waals surface area contributed by atoms with Gasteiger partial charge in [-0.25, -0.2) is 0 Å². The molecular formula is C5H13I2N. The van der Waals surface area contributed by atoms with Crippen molar-refractivity contribution in [3.05, 3.63) is 0 Å². The second-order valence-electron chi connectivity index (χ2n) is 1.81. The first-order chi connectivity index (χ1) is 3.00. The Labute approximate surface area is 85.0 Å². The largest absolute Gasteiger partial charge is 0.317 e. The average Bonchev–Trinajstić information content (AvgIpc) is 1.72. The maximum atomic E-state index is 3.28. The van der Waals surface area contributed by atoms with E-state index in [0.29, 0.717) is 0 Å². The molecule has 1 N–H and O–H groups in total. The summed E-state index contributed by atoms with van der Waals surface area (Å²) in [5, 5.41) is 3.28. The van der Waals surface area contributed by atoms with Gasteiger partial charge in [-0.05, 0) is 25.9 Å². The van der Waals surface area contributed by atoms with Crippen LogP contribution in [-0.4, -0.2) is 13.1 Å². The van der Waals surface area contributed by atoms with Crippen molar-refractivity contribution in [1.29, 1.82) is 0 Å². The van der Waals surface area contributed by atoms with E-state index in [4.69, 9.17) is 0 Å². The maximum Gasteiger partial charge on any atom is -0.00489 e. The van der Waals surface area contributed by atoms with Crippen LogP contribution in [0.25, 0.3) is 0 Å². The smallest absolute Gasteiger partial charge is 0.00489 e. The molecule has 1 fully saturated rings. The molecule has 52 valence electrons. The highest BCUT2D eigenvalue weighted by Crippen LogP contribution is 1.96. The second-order valence-corrected chi connectivity index (χ2v) is 1.81. The van der Waals surface area contributed by atoms with Gasteiger partial charge in [0.05, 0.1) is 0 Å². The van der Waals surface area contributed by atoms with Crippen molar-refractivity contribution in [3.63, 3.8) is 0 Å². The minimum atomic E-state index is 0. The third-order valence-electron chi connectivity index (χ3n) is 1.21. The van der Waals surface area contributed by atoms with Gasteiger partial charge in [-0.3, -0.25) is 0 Å². The van der Waals surface area contributed by atoms with E-state index in [9.17, 15) is 0 Å². The van der Waals surface area contributed by atoms with Gasteiger partial charge in [-0.1, -0.05) is 6.42 Å². The molecule has 1 nitrogen and oxygen atoms in total. The first-order valence-electron chi connectivity index (χ1n) is 2.71. The molecule has 0 spiro atoms. The number of halogens is 2. The first kappa shape index (κ1) is 12.1. The highest BCUT2D eigenvalue weighted by atomic mass is 127. The molecule has 1 aliphatic rings. The number of piperidine rings is 1. The molecule has 0 aliphatic carbocycles. The zero-order chi connectivity index (χ0) is 4.24. The lowest BCUT2D eigenvalue weighted by molar-refractivity contribution is 0.520. The van der Waals surface area contributed by atoms with Gasteiger partial charge >= 0.3 is 0 Å². The van der Waals surface area contributed by atoms with Gasteiger partial charge in [0.25, 0.3) is 0 Å². The van der Waals surface area contributed by atoms with Crippen molar-refractivity contribution in [2.75, 3.05) is 13.1 Å². The Hall–Kier alpha value is 1.42. The normalized spacial score (nSPS) is 18.0. The molecule has 8 heavy (non-hydrogen) atoms. The summed E-state index contributed by atoms with van der Waals surface area (Å²) in [6.07, 6.45) is 4.22. The molecule has 0 amide bonds. The number of nitrogens with one attached hydrogen (secondary N) is 1. The Morgan fingerprint density at radius 1 is 0.750 bits per heavy atom. The Morgan fingerprint density at radius 2 is 1.25 bits per heavy atom. The summed E-state index contributed by atoms with van der Waals surface area (Å²) >= 11 is 0. The lowest BCUT2D eigenvalue weighted by Crippen LogP contribution is -2.21. The highest BCUT2D eigenvalue weighted by Gasteiger charge is 1.93. The van der Waals surface area contributed by atoms with E-state index in [2.05, 4.69) is 5.32 Å². The molecule has 1 rings (SSSR count). The molecular weight excluding hydrogens is 328 g/mol. The fourth-order valence-corrected chi connectivity index (χ4v) is 0.802. The van der Waals surface area contributed by atoms with E-state index >= 15 is 0 Å². The summed E-state index contributed by atoms with van der Waals surface area (Å²) in [5.74, 6) is 0. The van der Waals surface area contributed by atoms with E-state index in [0.717, 1.165) is 0 Å². The average molecular weight is 341 g/mol. The van der Waals surface area contributed by atoms with Gasteiger partial charge in [0.15, 0.2) is 0 Å². The number of hydrogen-bond donors (Lipinski definition) is 1. The summed E-state index contributed by atoms with van der Waals surface area (Å²) in [7, 11) is 0. The van der Waals surface area contributed by atoms with E-state index < -0.39 is 0 Å². The quantitative estimate of drug-likeness (QED) is 0.665. The van der Waals surface area contributed by atoms with E-state index in [1.165, 1.54) is 32.4 Å². The van der Waals surface area contributed by atoms with Crippen LogP contribution < -0.4 is 5.32 Å². The standard InChI is InChI=1S/C5H11N.2HI/c1-2-4-6-5-3-1;;/h6H,1-5H2;2*1H. The van der Waals surface area contributed by atoms with Crippen molar-refractivity contribution in [2.24, 2.45) is 0 Å². The fraction of sp³-hybridized carbons (Fsp3) is 1.00. The Balaban J connectivity index is 0. The van der Waals surface area contributed by atoms with Crippen LogP contribution in [0.3, 0.4) is 0 Å². The second kappa shape index (κ2) is 8.42. The molecule has 1 heterocycles. The Morgan fingerprint density at radius 3 is 1.38 bits per heavy atom. The third kappa shape index (κ3) is 5.55. The van der Waals surface area contributed by atoms with Gasteiger partial charge in [0.1, 0.15) is 0 Å². The van der Waals surface area contributed by atoms with E-state index in [1.54, 1.807) is 0 Å². The highest BCUT2D eigenvalue weighted by molar-refractivity contribution is 14.0. The third-order valence-corrected chi connectivity index (χ3v) is 1.21. The van der Waals surface area contributed by atoms with Crippen LogP contribution in [0.2, 0.25) is 0 Å². The van der Waals surface area contributed by atoms with Crippen LogP contribution in [0.5, 0.6) is 0 Å². The fourth-order valence-electron chi connectivity index (χ4n) is 0.802. The van der Waals surface area contributed by atoms with Gasteiger partial charge in [0.2, 0.25) is 0 Å². The number of rotatable bonds is 0. The summed E-state index contributed by atoms with van der Waals surface area (Å²) in [4.78, 5) is 0. The molecule has 3 heteroatoms. The van der Waals surface area contributed by atoms with Crippen molar-refractivity contribution >= 4 is 48.0 Å². The van der Waals surface area contributed by atoms with E-state index in [-0.39, 0.29) is 48.0 Å². The summed E-state index contributed by atoms with van der Waals surface area (Å²) < 4.78 is 0. The Bertz CT molecular complexity index is 25.9. The zero-order valence-electron chi connectivity index (χ0n) is 4.85. The molecule has 0 atom stereocenters. The van der Waals surface area contributed by atoms with Gasteiger partial charge in [-0.2, -0.15) is 0 Å². The molecule has 0 unspecified atom stereocenters. The summed E-state index contributed by atoms with van der Waals surface area (Å²) in [6.45, 7) is 2.50. The molecule has 0 aromatic carbocycles. The molecule has 0 aromatic heterocycles. The minimum Gasteiger partial charge on any atom is -0.317 e. The van der Waals surface area contributed by atoms with Gasteiger partial charge in [-0.15, -0.1) is 48.0 Å². The minimum absolute atomic E-state index is 0. The topological polar surface area (TPSA) is 12.0 Å². The van der Waals surface area contributed by atoms with Crippen LogP contribution in [0.15, 0.2) is 0 Å². The van der Waals surface area contributed by atoms with Crippen LogP contribution in [-0.2, 0) is 0 Å². The molecule has 0 aromatic rings. The zero-order valence-corrected chi connectivity index (χ0v) is 9.51. The van der Waals surface area contributed by atoms with Crippen molar-refractivity contribution in [2.45, 2.75) is 19.3 Å². The van der Waals surface area contributed by atoms with Crippen LogP contribution in [0.1, 0.15) is 19.3 Å². The predicted molar refractivity (Wildman–Crippen MR) is 57.6 cm³/mol. The van der Waals surface area contributed by atoms with Gasteiger partial charge in [0, 0.05) is 0 Å². The Kier molecular flexibility index (Phi) is 12.8. The van der Waals surface area contributed by atoms with Gasteiger partial charge < -0.3 is 5.32 Å². The molecule has 0 radical (unpaired) electrons. The van der Waals surface area contributed by atoms with Crippen molar-refractivity contribution in [1.82, 2.24) is 5.32 Å².